The number of benzene rings is 1. The minimum absolute atomic E-state index is 0.0899. The van der Waals surface area contributed by atoms with Crippen LogP contribution in [0, 0.1) is 0 Å². The average Bonchev–Trinajstić information content (AvgIpc) is 2.55. The van der Waals surface area contributed by atoms with Gasteiger partial charge in [-0.15, -0.1) is 0 Å². The first kappa shape index (κ1) is 20.8. The molecule has 1 N–H and O–H groups in total. The molecule has 1 atom stereocenters. The zero-order valence-corrected chi connectivity index (χ0v) is 14.6. The number of hydrogen-bond acceptors (Lipinski definition) is 3. The molecule has 1 aromatic carbocycles. The van der Waals surface area contributed by atoms with Gasteiger partial charge in [0.1, 0.15) is 5.69 Å². The van der Waals surface area contributed by atoms with Crippen LogP contribution in [-0.4, -0.2) is 21.6 Å². The van der Waals surface area contributed by atoms with E-state index in [2.05, 4.69) is 4.98 Å². The van der Waals surface area contributed by atoms with E-state index < -0.39 is 35.2 Å². The number of hydrogen-bond donors (Lipinski definition) is 1. The quantitative estimate of drug-likeness (QED) is 0.491. The number of fused-ring (bicyclic) bond motifs is 1. The van der Waals surface area contributed by atoms with Gasteiger partial charge in [-0.2, -0.15) is 38.1 Å². The summed E-state index contributed by atoms with van der Waals surface area (Å²) in [5.41, 5.74) is -3.71. The van der Waals surface area contributed by atoms with E-state index in [1.54, 1.807) is 0 Å². The molecule has 0 amide bonds. The van der Waals surface area contributed by atoms with Crippen LogP contribution >= 0.6 is 11.8 Å². The lowest BCUT2D eigenvalue weighted by molar-refractivity contribution is -0.142. The van der Waals surface area contributed by atoms with Crippen molar-refractivity contribution in [2.75, 3.05) is 11.5 Å². The fraction of sp³-hybridized carbons (Fsp3) is 0.471. The molecule has 0 bridgehead atoms. The van der Waals surface area contributed by atoms with Crippen LogP contribution in [0.25, 0.3) is 10.9 Å². The topological polar surface area (TPSA) is 33.1 Å². The van der Waals surface area contributed by atoms with Crippen molar-refractivity contribution in [3.05, 3.63) is 41.1 Å². The molecule has 0 saturated heterocycles. The first-order valence-electron chi connectivity index (χ1n) is 7.89. The predicted octanol–water partition coefficient (Wildman–Crippen LogP) is 5.84. The van der Waals surface area contributed by atoms with Gasteiger partial charge in [-0.1, -0.05) is 25.5 Å². The standard InChI is InChI=1S/C17H17F6NOS/c1-2-3-7-26-9-13(25)11-8-14(17(21,22)23)24-15-10(11)5-4-6-12(15)16(18,19)20/h4-6,8,13,25H,2-3,7,9H2,1H3. The van der Waals surface area contributed by atoms with Gasteiger partial charge in [-0.3, -0.25) is 0 Å². The van der Waals surface area contributed by atoms with Crippen molar-refractivity contribution in [3.8, 4) is 0 Å². The largest absolute Gasteiger partial charge is 0.433 e. The van der Waals surface area contributed by atoms with E-state index >= 15 is 0 Å². The second-order valence-corrected chi connectivity index (χ2v) is 6.89. The molecule has 2 rings (SSSR count). The van der Waals surface area contributed by atoms with E-state index in [0.717, 1.165) is 18.9 Å². The van der Waals surface area contributed by atoms with Gasteiger partial charge in [0.25, 0.3) is 0 Å². The number of aliphatic hydroxyl groups is 1. The van der Waals surface area contributed by atoms with Crippen LogP contribution in [0.2, 0.25) is 0 Å². The smallest absolute Gasteiger partial charge is 0.388 e. The van der Waals surface area contributed by atoms with Crippen LogP contribution in [0.15, 0.2) is 24.3 Å². The van der Waals surface area contributed by atoms with E-state index in [1.807, 2.05) is 6.92 Å². The number of rotatable bonds is 6. The van der Waals surface area contributed by atoms with Crippen molar-refractivity contribution in [2.45, 2.75) is 38.2 Å². The van der Waals surface area contributed by atoms with Crippen molar-refractivity contribution < 1.29 is 31.4 Å². The zero-order chi connectivity index (χ0) is 19.5. The molecule has 2 nitrogen and oxygen atoms in total. The number of nitrogens with zero attached hydrogens (tertiary/aromatic N) is 1. The van der Waals surface area contributed by atoms with Crippen molar-refractivity contribution in [2.24, 2.45) is 0 Å². The summed E-state index contributed by atoms with van der Waals surface area (Å²) in [4.78, 5) is 3.20. The Kier molecular flexibility index (Phi) is 6.44. The average molecular weight is 397 g/mol. The summed E-state index contributed by atoms with van der Waals surface area (Å²) in [6.07, 6.45) is -9.30. The van der Waals surface area contributed by atoms with Gasteiger partial charge < -0.3 is 5.11 Å². The van der Waals surface area contributed by atoms with Gasteiger partial charge >= 0.3 is 12.4 Å². The third-order valence-electron chi connectivity index (χ3n) is 3.74. The summed E-state index contributed by atoms with van der Waals surface area (Å²) < 4.78 is 78.9. The second-order valence-electron chi connectivity index (χ2n) is 5.74. The summed E-state index contributed by atoms with van der Waals surface area (Å²) in [6, 6.07) is 3.66. The summed E-state index contributed by atoms with van der Waals surface area (Å²) in [5, 5.41) is 10.2. The highest BCUT2D eigenvalue weighted by Gasteiger charge is 2.37. The lowest BCUT2D eigenvalue weighted by atomic mass is 10.00. The fourth-order valence-corrected chi connectivity index (χ4v) is 3.52. The number of thioether (sulfide) groups is 1. The first-order valence-corrected chi connectivity index (χ1v) is 9.05. The van der Waals surface area contributed by atoms with Crippen molar-refractivity contribution in [1.82, 2.24) is 4.98 Å². The third kappa shape index (κ3) is 4.82. The lowest BCUT2D eigenvalue weighted by Crippen LogP contribution is -2.14. The van der Waals surface area contributed by atoms with Crippen molar-refractivity contribution in [3.63, 3.8) is 0 Å². The molecule has 0 aliphatic rings. The SMILES string of the molecule is CCCCSCC(O)c1cc(C(F)(F)F)nc2c(C(F)(F)F)cccc12. The predicted molar refractivity (Wildman–Crippen MR) is 88.9 cm³/mol. The van der Waals surface area contributed by atoms with Crippen molar-refractivity contribution >= 4 is 22.7 Å². The molecule has 9 heteroatoms. The Morgan fingerprint density at radius 2 is 1.81 bits per heavy atom. The summed E-state index contributed by atoms with van der Waals surface area (Å²) in [6.45, 7) is 1.97. The minimum atomic E-state index is -4.92. The van der Waals surface area contributed by atoms with Gasteiger partial charge in [-0.05, 0) is 29.9 Å². The molecule has 0 fully saturated rings. The maximum absolute atomic E-state index is 13.2. The number of pyridine rings is 1. The molecule has 1 heterocycles. The van der Waals surface area contributed by atoms with Gasteiger partial charge in [0, 0.05) is 11.1 Å². The molecule has 1 unspecified atom stereocenters. The van der Waals surface area contributed by atoms with E-state index in [9.17, 15) is 31.4 Å². The van der Waals surface area contributed by atoms with Crippen LogP contribution in [0.3, 0.4) is 0 Å². The highest BCUT2D eigenvalue weighted by Crippen LogP contribution is 2.39. The Morgan fingerprint density at radius 1 is 1.12 bits per heavy atom. The number of halogens is 6. The fourth-order valence-electron chi connectivity index (χ4n) is 2.46. The molecule has 0 spiro atoms. The highest BCUT2D eigenvalue weighted by atomic mass is 32.2. The molecular weight excluding hydrogens is 380 g/mol. The van der Waals surface area contributed by atoms with E-state index in [1.165, 1.54) is 17.8 Å². The third-order valence-corrected chi connectivity index (χ3v) is 4.87. The van der Waals surface area contributed by atoms with Gasteiger partial charge in [0.2, 0.25) is 0 Å². The second kappa shape index (κ2) is 8.04. The number of aromatic nitrogens is 1. The molecule has 2 aromatic rings. The number of alkyl halides is 6. The number of para-hydroxylation sites is 1. The summed E-state index contributed by atoms with van der Waals surface area (Å²) in [5.74, 6) is 0.795. The molecule has 26 heavy (non-hydrogen) atoms. The normalized spacial score (nSPS) is 14.0. The van der Waals surface area contributed by atoms with Gasteiger partial charge in [-0.25, -0.2) is 4.98 Å². The van der Waals surface area contributed by atoms with Crippen LogP contribution in [-0.2, 0) is 12.4 Å². The van der Waals surface area contributed by atoms with E-state index in [4.69, 9.17) is 0 Å². The molecule has 144 valence electrons. The summed E-state index contributed by atoms with van der Waals surface area (Å²) in [7, 11) is 0. The van der Waals surface area contributed by atoms with Gasteiger partial charge in [0.05, 0.1) is 17.2 Å². The first-order chi connectivity index (χ1) is 12.1. The molecule has 0 aliphatic heterocycles. The van der Waals surface area contributed by atoms with E-state index in [0.29, 0.717) is 17.9 Å². The zero-order valence-electron chi connectivity index (χ0n) is 13.8. The Bertz CT molecular complexity index is 759. The molecule has 1 aromatic heterocycles. The molecule has 0 aliphatic carbocycles. The Hall–Kier alpha value is -1.48. The highest BCUT2D eigenvalue weighted by molar-refractivity contribution is 7.99. The molecule has 0 radical (unpaired) electrons. The Morgan fingerprint density at radius 3 is 2.38 bits per heavy atom. The van der Waals surface area contributed by atoms with Gasteiger partial charge in [0.15, 0.2) is 0 Å². The number of unbranched alkanes of at least 4 members (excludes halogenated alkanes) is 1. The summed E-state index contributed by atoms with van der Waals surface area (Å²) >= 11 is 1.34. The van der Waals surface area contributed by atoms with Crippen molar-refractivity contribution in [1.29, 1.82) is 0 Å². The maximum atomic E-state index is 13.2. The Balaban J connectivity index is 2.57. The Labute approximate surface area is 150 Å². The van der Waals surface area contributed by atoms with Crippen LogP contribution in [0.1, 0.15) is 42.7 Å². The van der Waals surface area contributed by atoms with Crippen LogP contribution < -0.4 is 0 Å². The van der Waals surface area contributed by atoms with E-state index in [-0.39, 0.29) is 16.7 Å². The minimum Gasteiger partial charge on any atom is -0.388 e. The lowest BCUT2D eigenvalue weighted by Gasteiger charge is -2.18. The maximum Gasteiger partial charge on any atom is 0.433 e. The number of aliphatic hydroxyl groups excluding tert-OH is 1. The van der Waals surface area contributed by atoms with Crippen LogP contribution in [0.4, 0.5) is 26.3 Å². The molecular formula is C17H17F6NOS. The molecule has 0 saturated carbocycles. The monoisotopic (exact) mass is 397 g/mol. The van der Waals surface area contributed by atoms with Crippen LogP contribution in [0.5, 0.6) is 0 Å².